The molecule has 8 nitrogen and oxygen atoms in total. The molecule has 1 aliphatic carbocycles. The average molecular weight is 381 g/mol. The first kappa shape index (κ1) is 17.0. The van der Waals surface area contributed by atoms with E-state index < -0.39 is 5.79 Å². The number of nitrogens with zero attached hydrogens (tertiary/aromatic N) is 4. The van der Waals surface area contributed by atoms with Crippen LogP contribution in [0.25, 0.3) is 11.2 Å². The Labute approximate surface area is 151 Å². The van der Waals surface area contributed by atoms with Gasteiger partial charge >= 0.3 is 0 Å². The Morgan fingerprint density at radius 1 is 1.48 bits per heavy atom. The van der Waals surface area contributed by atoms with Crippen molar-refractivity contribution in [2.45, 2.75) is 43.4 Å². The maximum Gasteiger partial charge on any atom is 0.205 e. The van der Waals surface area contributed by atoms with E-state index in [-0.39, 0.29) is 12.1 Å². The lowest BCUT2D eigenvalue weighted by Crippen LogP contribution is -2.27. The van der Waals surface area contributed by atoms with E-state index in [1.165, 1.54) is 11.8 Å². The number of hydrogen-bond donors (Lipinski definition) is 1. The highest BCUT2D eigenvalue weighted by molar-refractivity contribution is 7.98. The normalized spacial score (nSPS) is 24.8. The Morgan fingerprint density at radius 3 is 3.00 bits per heavy atom. The fourth-order valence-electron chi connectivity index (χ4n) is 3.42. The predicted octanol–water partition coefficient (Wildman–Crippen LogP) is 2.29. The minimum atomic E-state index is -0.667. The van der Waals surface area contributed by atoms with Crippen LogP contribution in [-0.2, 0) is 14.0 Å². The number of rotatable bonds is 4. The molecule has 3 heterocycles. The van der Waals surface area contributed by atoms with Gasteiger partial charge in [0, 0.05) is 23.3 Å². The fourth-order valence-corrected chi connectivity index (χ4v) is 3.99. The minimum absolute atomic E-state index is 0.0130. The molecule has 2 aliphatic rings. The largest absolute Gasteiger partial charge is 0.464 e. The van der Waals surface area contributed by atoms with E-state index >= 15 is 0 Å². The van der Waals surface area contributed by atoms with E-state index in [1.807, 2.05) is 24.7 Å². The Hall–Kier alpha value is -1.41. The lowest BCUT2D eigenvalue weighted by Gasteiger charge is -2.22. The molecular formula is C15H20N5O3PS. The quantitative estimate of drug-likeness (QED) is 0.489. The standard InChI is InChI=1S/C15H20N5O3PS/c1-15(2)22-10-7(5-21-24)4-8(11(10)23-15)20-6-17-9-12(16)18-14(25-3)19-13(9)20/h6,8,11H,4-5,24H2,1-3H3,(H2,16,18,19)/t8-,11-/m1/s1. The van der Waals surface area contributed by atoms with Gasteiger partial charge in [-0.2, -0.15) is 0 Å². The van der Waals surface area contributed by atoms with Crippen molar-refractivity contribution in [1.29, 1.82) is 0 Å². The molecule has 1 aliphatic heterocycles. The summed E-state index contributed by atoms with van der Waals surface area (Å²) in [6, 6.07) is -0.0130. The first-order valence-corrected chi connectivity index (χ1v) is 9.57. The molecule has 0 aromatic carbocycles. The number of fused-ring (bicyclic) bond motifs is 2. The zero-order valence-electron chi connectivity index (χ0n) is 14.2. The Balaban J connectivity index is 1.78. The van der Waals surface area contributed by atoms with Gasteiger partial charge in [0.15, 0.2) is 16.6 Å². The van der Waals surface area contributed by atoms with Crippen LogP contribution >= 0.6 is 21.2 Å². The van der Waals surface area contributed by atoms with Crippen molar-refractivity contribution in [2.75, 3.05) is 18.6 Å². The summed E-state index contributed by atoms with van der Waals surface area (Å²) in [6.07, 6.45) is 4.22. The second kappa shape index (κ2) is 6.09. The number of nitrogens with two attached hydrogens (primary N) is 1. The Morgan fingerprint density at radius 2 is 2.28 bits per heavy atom. The summed E-state index contributed by atoms with van der Waals surface area (Å²) >= 11 is 1.45. The molecule has 2 aromatic heterocycles. The van der Waals surface area contributed by atoms with Crippen LogP contribution < -0.4 is 5.73 Å². The molecule has 2 aromatic rings. The van der Waals surface area contributed by atoms with Gasteiger partial charge < -0.3 is 24.3 Å². The lowest BCUT2D eigenvalue weighted by molar-refractivity contribution is -0.141. The molecule has 0 amide bonds. The van der Waals surface area contributed by atoms with Crippen molar-refractivity contribution in [3.05, 3.63) is 17.7 Å². The van der Waals surface area contributed by atoms with Crippen molar-refractivity contribution < 1.29 is 14.0 Å². The van der Waals surface area contributed by atoms with Crippen LogP contribution in [0.1, 0.15) is 26.3 Å². The number of anilines is 1. The SMILES string of the molecule is CSc1nc(N)c2ncn([C@@H]3CC(COP)=C4OC(C)(C)O[C@@H]43)c2n1. The number of aromatic nitrogens is 4. The minimum Gasteiger partial charge on any atom is -0.464 e. The molecule has 10 heteroatoms. The number of hydrogen-bond acceptors (Lipinski definition) is 8. The summed E-state index contributed by atoms with van der Waals surface area (Å²) in [7, 11) is 2.28. The van der Waals surface area contributed by atoms with Gasteiger partial charge in [0.1, 0.15) is 17.4 Å². The van der Waals surface area contributed by atoms with Gasteiger partial charge in [-0.15, -0.1) is 0 Å². The molecule has 2 N–H and O–H groups in total. The number of thioether (sulfide) groups is 1. The zero-order chi connectivity index (χ0) is 17.8. The Kier molecular flexibility index (Phi) is 4.15. The van der Waals surface area contributed by atoms with Gasteiger partial charge in [-0.25, -0.2) is 15.0 Å². The third-order valence-corrected chi connectivity index (χ3v) is 5.12. The molecule has 3 atom stereocenters. The molecule has 1 fully saturated rings. The van der Waals surface area contributed by atoms with E-state index in [9.17, 15) is 0 Å². The number of imidazole rings is 1. The molecule has 0 saturated carbocycles. The summed E-state index contributed by atoms with van der Waals surface area (Å²) < 4.78 is 19.4. The second-order valence-electron chi connectivity index (χ2n) is 6.51. The average Bonchev–Trinajstić information content (AvgIpc) is 3.20. The third kappa shape index (κ3) is 2.79. The van der Waals surface area contributed by atoms with Gasteiger partial charge in [-0.05, 0) is 18.2 Å². The van der Waals surface area contributed by atoms with E-state index in [2.05, 4.69) is 24.4 Å². The lowest BCUT2D eigenvalue weighted by atomic mass is 10.1. The summed E-state index contributed by atoms with van der Waals surface area (Å²) in [4.78, 5) is 13.3. The molecule has 0 spiro atoms. The molecule has 1 unspecified atom stereocenters. The van der Waals surface area contributed by atoms with Crippen molar-refractivity contribution in [3.63, 3.8) is 0 Å². The molecule has 0 bridgehead atoms. The van der Waals surface area contributed by atoms with Crippen LogP contribution in [0.4, 0.5) is 5.82 Å². The molecule has 1 saturated heterocycles. The fraction of sp³-hybridized carbons (Fsp3) is 0.533. The molecule has 0 radical (unpaired) electrons. The smallest absolute Gasteiger partial charge is 0.205 e. The van der Waals surface area contributed by atoms with Crippen LogP contribution in [0.2, 0.25) is 0 Å². The highest BCUT2D eigenvalue weighted by Crippen LogP contribution is 2.47. The summed E-state index contributed by atoms with van der Waals surface area (Å²) in [5, 5.41) is 0.621. The summed E-state index contributed by atoms with van der Waals surface area (Å²) in [5.74, 6) is 0.572. The highest BCUT2D eigenvalue weighted by atomic mass is 32.2. The van der Waals surface area contributed by atoms with Crippen molar-refractivity contribution in [1.82, 2.24) is 19.5 Å². The zero-order valence-corrected chi connectivity index (χ0v) is 16.2. The number of nitrogen functional groups attached to an aromatic ring is 1. The summed E-state index contributed by atoms with van der Waals surface area (Å²) in [5.41, 5.74) is 8.44. The maximum absolute atomic E-state index is 6.15. The second-order valence-corrected chi connectivity index (χ2v) is 7.62. The van der Waals surface area contributed by atoms with Crippen LogP contribution in [0.3, 0.4) is 0 Å². The molecule has 134 valence electrons. The monoisotopic (exact) mass is 381 g/mol. The predicted molar refractivity (Wildman–Crippen MR) is 97.9 cm³/mol. The third-order valence-electron chi connectivity index (χ3n) is 4.40. The van der Waals surface area contributed by atoms with Gasteiger partial charge in [0.2, 0.25) is 5.79 Å². The van der Waals surface area contributed by atoms with Crippen LogP contribution in [0, 0.1) is 0 Å². The van der Waals surface area contributed by atoms with E-state index in [1.54, 1.807) is 6.33 Å². The van der Waals surface area contributed by atoms with Gasteiger partial charge in [0.05, 0.1) is 19.0 Å². The molecular weight excluding hydrogens is 361 g/mol. The van der Waals surface area contributed by atoms with Gasteiger partial charge in [-0.3, -0.25) is 0 Å². The highest BCUT2D eigenvalue weighted by Gasteiger charge is 2.49. The molecule has 4 rings (SSSR count). The topological polar surface area (TPSA) is 97.3 Å². The van der Waals surface area contributed by atoms with E-state index in [0.29, 0.717) is 28.7 Å². The van der Waals surface area contributed by atoms with Crippen molar-refractivity contribution in [3.8, 4) is 0 Å². The van der Waals surface area contributed by atoms with Crippen molar-refractivity contribution >= 4 is 38.2 Å². The van der Waals surface area contributed by atoms with Crippen LogP contribution in [-0.4, -0.2) is 44.3 Å². The van der Waals surface area contributed by atoms with Crippen molar-refractivity contribution in [2.24, 2.45) is 0 Å². The van der Waals surface area contributed by atoms with Gasteiger partial charge in [0.25, 0.3) is 0 Å². The van der Waals surface area contributed by atoms with Gasteiger partial charge in [-0.1, -0.05) is 11.8 Å². The van der Waals surface area contributed by atoms with E-state index in [4.69, 9.17) is 19.7 Å². The first-order valence-electron chi connectivity index (χ1n) is 7.88. The summed E-state index contributed by atoms with van der Waals surface area (Å²) in [6.45, 7) is 4.30. The van der Waals surface area contributed by atoms with Crippen LogP contribution in [0.5, 0.6) is 0 Å². The van der Waals surface area contributed by atoms with Crippen LogP contribution in [0.15, 0.2) is 22.8 Å². The molecule has 25 heavy (non-hydrogen) atoms. The van der Waals surface area contributed by atoms with E-state index in [0.717, 1.165) is 17.8 Å². The Bertz CT molecular complexity index is 868. The number of ether oxygens (including phenoxy) is 2. The maximum atomic E-state index is 6.15. The first-order chi connectivity index (χ1) is 11.9.